The maximum Gasteiger partial charge on any atom is 0.0637 e. The van der Waals surface area contributed by atoms with Crippen LogP contribution in [0.15, 0.2) is 36.5 Å². The molecule has 3 heteroatoms. The lowest BCUT2D eigenvalue weighted by Gasteiger charge is -2.36. The smallest absolute Gasteiger partial charge is 0.0637 e. The highest BCUT2D eigenvalue weighted by molar-refractivity contribution is 5.26. The first kappa shape index (κ1) is 13.4. The Morgan fingerprint density at radius 3 is 2.60 bits per heavy atom. The van der Waals surface area contributed by atoms with Crippen molar-refractivity contribution < 1.29 is 0 Å². The summed E-state index contributed by atoms with van der Waals surface area (Å²) in [4.78, 5) is 0. The van der Waals surface area contributed by atoms with E-state index >= 15 is 0 Å². The molecular formula is C17H23N3. The second-order valence-corrected chi connectivity index (χ2v) is 5.96. The molecule has 0 radical (unpaired) electrons. The predicted molar refractivity (Wildman–Crippen MR) is 81.9 cm³/mol. The normalized spacial score (nSPS) is 21.7. The van der Waals surface area contributed by atoms with E-state index in [0.717, 1.165) is 18.9 Å². The molecule has 2 aromatic rings. The van der Waals surface area contributed by atoms with Crippen LogP contribution in [0, 0.1) is 6.92 Å². The first-order valence-electron chi connectivity index (χ1n) is 7.49. The zero-order valence-electron chi connectivity index (χ0n) is 12.3. The minimum Gasteiger partial charge on any atom is -0.314 e. The third-order valence-corrected chi connectivity index (χ3v) is 4.27. The van der Waals surface area contributed by atoms with Crippen molar-refractivity contribution in [1.29, 1.82) is 0 Å². The van der Waals surface area contributed by atoms with Gasteiger partial charge in [0.2, 0.25) is 0 Å². The molecule has 1 heterocycles. The van der Waals surface area contributed by atoms with Crippen LogP contribution in [0.4, 0.5) is 0 Å². The van der Waals surface area contributed by atoms with Crippen molar-refractivity contribution in [3.8, 4) is 0 Å². The van der Waals surface area contributed by atoms with Crippen molar-refractivity contribution >= 4 is 0 Å². The van der Waals surface area contributed by atoms with Gasteiger partial charge in [-0.1, -0.05) is 29.8 Å². The Morgan fingerprint density at radius 1 is 1.20 bits per heavy atom. The molecule has 0 spiro atoms. The Hall–Kier alpha value is -1.61. The summed E-state index contributed by atoms with van der Waals surface area (Å²) < 4.78 is 1.87. The van der Waals surface area contributed by atoms with E-state index in [2.05, 4.69) is 47.7 Å². The molecule has 0 amide bonds. The Bertz CT molecular complexity index is 550. The molecule has 0 saturated heterocycles. The average Bonchev–Trinajstić information content (AvgIpc) is 2.80. The van der Waals surface area contributed by atoms with Crippen molar-refractivity contribution in [2.24, 2.45) is 7.05 Å². The summed E-state index contributed by atoms with van der Waals surface area (Å²) >= 11 is 0. The van der Waals surface area contributed by atoms with Crippen LogP contribution in [-0.2, 0) is 13.5 Å². The van der Waals surface area contributed by atoms with Gasteiger partial charge in [0.05, 0.1) is 5.69 Å². The summed E-state index contributed by atoms with van der Waals surface area (Å²) in [6.07, 6.45) is 5.56. The van der Waals surface area contributed by atoms with E-state index in [1.54, 1.807) is 0 Å². The van der Waals surface area contributed by atoms with Gasteiger partial charge in [0, 0.05) is 32.3 Å². The van der Waals surface area contributed by atoms with Gasteiger partial charge in [0.15, 0.2) is 0 Å². The van der Waals surface area contributed by atoms with Crippen LogP contribution in [0.25, 0.3) is 0 Å². The molecule has 0 atom stereocenters. The van der Waals surface area contributed by atoms with Crippen molar-refractivity contribution in [3.63, 3.8) is 0 Å². The zero-order chi connectivity index (χ0) is 13.9. The van der Waals surface area contributed by atoms with Gasteiger partial charge in [-0.15, -0.1) is 0 Å². The van der Waals surface area contributed by atoms with Gasteiger partial charge < -0.3 is 5.32 Å². The first-order chi connectivity index (χ1) is 9.70. The Kier molecular flexibility index (Phi) is 3.88. The third-order valence-electron chi connectivity index (χ3n) is 4.27. The van der Waals surface area contributed by atoms with Crippen molar-refractivity contribution in [1.82, 2.24) is 15.1 Å². The van der Waals surface area contributed by atoms with E-state index in [1.165, 1.54) is 29.7 Å². The highest BCUT2D eigenvalue weighted by atomic mass is 15.2. The fourth-order valence-corrected chi connectivity index (χ4v) is 2.90. The lowest BCUT2D eigenvalue weighted by atomic mass is 9.76. The Labute approximate surface area is 121 Å². The molecular weight excluding hydrogens is 246 g/mol. The number of rotatable bonds is 5. The molecule has 1 saturated carbocycles. The molecule has 3 nitrogen and oxygen atoms in total. The van der Waals surface area contributed by atoms with Gasteiger partial charge in [0.1, 0.15) is 0 Å². The summed E-state index contributed by atoms with van der Waals surface area (Å²) in [6, 6.07) is 11.8. The van der Waals surface area contributed by atoms with Gasteiger partial charge in [-0.2, -0.15) is 5.10 Å². The lowest BCUT2D eigenvalue weighted by molar-refractivity contribution is 0.292. The molecule has 3 rings (SSSR count). The quantitative estimate of drug-likeness (QED) is 0.904. The minimum atomic E-state index is 0.685. The van der Waals surface area contributed by atoms with Crippen LogP contribution in [0.3, 0.4) is 0 Å². The summed E-state index contributed by atoms with van der Waals surface area (Å²) in [5.74, 6) is 0.753. The van der Waals surface area contributed by atoms with Crippen molar-refractivity contribution in [2.45, 2.75) is 38.1 Å². The van der Waals surface area contributed by atoms with E-state index in [9.17, 15) is 0 Å². The Balaban J connectivity index is 1.39. The van der Waals surface area contributed by atoms with Gasteiger partial charge in [0.25, 0.3) is 0 Å². The first-order valence-corrected chi connectivity index (χ1v) is 7.49. The molecule has 1 aliphatic carbocycles. The number of nitrogens with zero attached hydrogens (tertiary/aromatic N) is 2. The van der Waals surface area contributed by atoms with Crippen LogP contribution in [0.1, 0.15) is 35.6 Å². The second kappa shape index (κ2) is 5.80. The third kappa shape index (κ3) is 3.10. The summed E-state index contributed by atoms with van der Waals surface area (Å²) in [7, 11) is 1.97. The van der Waals surface area contributed by atoms with Gasteiger partial charge in [-0.3, -0.25) is 4.68 Å². The molecule has 20 heavy (non-hydrogen) atoms. The van der Waals surface area contributed by atoms with E-state index in [-0.39, 0.29) is 0 Å². The van der Waals surface area contributed by atoms with E-state index in [1.807, 2.05) is 17.9 Å². The lowest BCUT2D eigenvalue weighted by Crippen LogP contribution is -2.41. The molecule has 1 aromatic carbocycles. The summed E-state index contributed by atoms with van der Waals surface area (Å²) in [6.45, 7) is 3.18. The van der Waals surface area contributed by atoms with E-state index in [0.29, 0.717) is 6.04 Å². The van der Waals surface area contributed by atoms with Crippen molar-refractivity contribution in [2.75, 3.05) is 6.54 Å². The van der Waals surface area contributed by atoms with E-state index in [4.69, 9.17) is 0 Å². The number of aromatic nitrogens is 2. The van der Waals surface area contributed by atoms with Crippen LogP contribution in [0.5, 0.6) is 0 Å². The fraction of sp³-hybridized carbons (Fsp3) is 0.471. The topological polar surface area (TPSA) is 29.9 Å². The number of hydrogen-bond donors (Lipinski definition) is 1. The molecule has 0 unspecified atom stereocenters. The average molecular weight is 269 g/mol. The monoisotopic (exact) mass is 269 g/mol. The molecule has 106 valence electrons. The molecule has 1 aromatic heterocycles. The zero-order valence-corrected chi connectivity index (χ0v) is 12.3. The largest absolute Gasteiger partial charge is 0.314 e. The van der Waals surface area contributed by atoms with Crippen LogP contribution >= 0.6 is 0 Å². The standard InChI is InChI=1S/C17H23N3/c1-13-3-5-14(6-4-13)15-11-17(12-15)18-9-7-16-8-10-20(2)19-16/h3-6,8,10,15,17-18H,7,9,11-12H2,1-2H3. The van der Waals surface area contributed by atoms with Gasteiger partial charge in [-0.25, -0.2) is 0 Å². The number of nitrogens with one attached hydrogen (secondary N) is 1. The fourth-order valence-electron chi connectivity index (χ4n) is 2.90. The number of hydrogen-bond acceptors (Lipinski definition) is 2. The maximum absolute atomic E-state index is 4.40. The van der Waals surface area contributed by atoms with Crippen LogP contribution in [0.2, 0.25) is 0 Å². The molecule has 0 aliphatic heterocycles. The molecule has 1 aliphatic rings. The SMILES string of the molecule is Cc1ccc(C2CC(NCCc3ccn(C)n3)C2)cc1. The van der Waals surface area contributed by atoms with E-state index < -0.39 is 0 Å². The molecule has 1 fully saturated rings. The second-order valence-electron chi connectivity index (χ2n) is 5.96. The highest BCUT2D eigenvalue weighted by Crippen LogP contribution is 2.36. The summed E-state index contributed by atoms with van der Waals surface area (Å²) in [5, 5.41) is 8.04. The number of aryl methyl sites for hydroxylation is 2. The Morgan fingerprint density at radius 2 is 1.95 bits per heavy atom. The predicted octanol–water partition coefficient (Wildman–Crippen LogP) is 2.81. The van der Waals surface area contributed by atoms with Crippen LogP contribution in [-0.4, -0.2) is 22.4 Å². The summed E-state index contributed by atoms with van der Waals surface area (Å²) in [5.41, 5.74) is 4.02. The molecule has 0 bridgehead atoms. The van der Waals surface area contributed by atoms with Gasteiger partial charge in [-0.05, 0) is 37.3 Å². The number of benzene rings is 1. The van der Waals surface area contributed by atoms with Crippen LogP contribution < -0.4 is 5.32 Å². The van der Waals surface area contributed by atoms with Crippen molar-refractivity contribution in [3.05, 3.63) is 53.3 Å². The highest BCUT2D eigenvalue weighted by Gasteiger charge is 2.29. The maximum atomic E-state index is 4.40. The van der Waals surface area contributed by atoms with Gasteiger partial charge >= 0.3 is 0 Å². The molecule has 1 N–H and O–H groups in total. The minimum absolute atomic E-state index is 0.685.